The smallest absolute Gasteiger partial charge is 0.279 e. The third-order valence-electron chi connectivity index (χ3n) is 2.80. The molecule has 0 saturated carbocycles. The SMILES string of the molecule is CCOc1ccc(OC(C)C(=O)NNC(=O)C(C)(C)C)cc1. The average Bonchev–Trinajstić information content (AvgIpc) is 2.45. The minimum absolute atomic E-state index is 0.269. The van der Waals surface area contributed by atoms with Crippen LogP contribution in [0, 0.1) is 5.41 Å². The lowest BCUT2D eigenvalue weighted by molar-refractivity contribution is -0.136. The molecule has 2 amide bonds. The summed E-state index contributed by atoms with van der Waals surface area (Å²) in [6.45, 7) is 9.38. The van der Waals surface area contributed by atoms with Gasteiger partial charge in [0.05, 0.1) is 6.61 Å². The zero-order valence-electron chi connectivity index (χ0n) is 13.7. The second kappa shape index (κ2) is 7.68. The number of carbonyl (C=O) groups excluding carboxylic acids is 2. The molecule has 0 fully saturated rings. The largest absolute Gasteiger partial charge is 0.494 e. The van der Waals surface area contributed by atoms with Gasteiger partial charge in [-0.05, 0) is 38.1 Å². The van der Waals surface area contributed by atoms with E-state index >= 15 is 0 Å². The Bertz CT molecular complexity index is 506. The van der Waals surface area contributed by atoms with Crippen molar-refractivity contribution in [1.29, 1.82) is 0 Å². The van der Waals surface area contributed by atoms with Gasteiger partial charge in [-0.2, -0.15) is 0 Å². The highest BCUT2D eigenvalue weighted by atomic mass is 16.5. The van der Waals surface area contributed by atoms with Gasteiger partial charge in [-0.15, -0.1) is 0 Å². The zero-order chi connectivity index (χ0) is 16.8. The molecule has 0 saturated heterocycles. The van der Waals surface area contributed by atoms with E-state index in [-0.39, 0.29) is 5.91 Å². The molecule has 0 aromatic heterocycles. The Balaban J connectivity index is 2.48. The lowest BCUT2D eigenvalue weighted by Crippen LogP contribution is -2.50. The number of hydrogen-bond acceptors (Lipinski definition) is 4. The summed E-state index contributed by atoms with van der Waals surface area (Å²) in [5, 5.41) is 0. The van der Waals surface area contributed by atoms with Crippen LogP contribution in [0.1, 0.15) is 34.6 Å². The summed E-state index contributed by atoms with van der Waals surface area (Å²) in [5.41, 5.74) is 4.15. The van der Waals surface area contributed by atoms with Gasteiger partial charge in [0.15, 0.2) is 6.10 Å². The fraction of sp³-hybridized carbons (Fsp3) is 0.500. The third kappa shape index (κ3) is 5.63. The highest BCUT2D eigenvalue weighted by molar-refractivity contribution is 5.86. The maximum atomic E-state index is 11.9. The fourth-order valence-electron chi connectivity index (χ4n) is 1.45. The van der Waals surface area contributed by atoms with E-state index in [9.17, 15) is 9.59 Å². The van der Waals surface area contributed by atoms with Gasteiger partial charge < -0.3 is 9.47 Å². The van der Waals surface area contributed by atoms with Crippen LogP contribution in [-0.4, -0.2) is 24.5 Å². The van der Waals surface area contributed by atoms with Crippen LogP contribution in [-0.2, 0) is 9.59 Å². The number of rotatable bonds is 5. The van der Waals surface area contributed by atoms with Gasteiger partial charge in [-0.1, -0.05) is 20.8 Å². The molecule has 1 unspecified atom stereocenters. The Hall–Kier alpha value is -2.24. The molecular weight excluding hydrogens is 284 g/mol. The predicted octanol–water partition coefficient (Wildman–Crippen LogP) is 2.05. The molecule has 0 spiro atoms. The standard InChI is InChI=1S/C16H24N2O4/c1-6-21-12-7-9-13(10-8-12)22-11(2)14(19)17-18-15(20)16(3,4)5/h7-11H,6H2,1-5H3,(H,17,19)(H,18,20). The number of ether oxygens (including phenoxy) is 2. The van der Waals surface area contributed by atoms with Gasteiger partial charge in [0.25, 0.3) is 5.91 Å². The van der Waals surface area contributed by atoms with Crippen molar-refractivity contribution in [2.75, 3.05) is 6.61 Å². The van der Waals surface area contributed by atoms with E-state index in [0.29, 0.717) is 12.4 Å². The van der Waals surface area contributed by atoms with E-state index in [4.69, 9.17) is 9.47 Å². The van der Waals surface area contributed by atoms with Gasteiger partial charge in [0, 0.05) is 5.41 Å². The van der Waals surface area contributed by atoms with Gasteiger partial charge in [-0.3, -0.25) is 20.4 Å². The first-order valence-corrected chi connectivity index (χ1v) is 7.24. The highest BCUT2D eigenvalue weighted by Crippen LogP contribution is 2.18. The molecule has 0 aliphatic rings. The summed E-state index contributed by atoms with van der Waals surface area (Å²) < 4.78 is 10.8. The van der Waals surface area contributed by atoms with E-state index < -0.39 is 17.4 Å². The minimum atomic E-state index is -0.738. The first-order valence-electron chi connectivity index (χ1n) is 7.24. The molecular formula is C16H24N2O4. The monoisotopic (exact) mass is 308 g/mol. The van der Waals surface area contributed by atoms with Crippen LogP contribution < -0.4 is 20.3 Å². The van der Waals surface area contributed by atoms with E-state index in [1.807, 2.05) is 6.92 Å². The van der Waals surface area contributed by atoms with Crippen molar-refractivity contribution in [3.63, 3.8) is 0 Å². The van der Waals surface area contributed by atoms with Crippen molar-refractivity contribution >= 4 is 11.8 Å². The molecule has 6 heteroatoms. The molecule has 1 atom stereocenters. The molecule has 1 rings (SSSR count). The van der Waals surface area contributed by atoms with E-state index in [0.717, 1.165) is 5.75 Å². The Morgan fingerprint density at radius 2 is 1.64 bits per heavy atom. The molecule has 0 bridgehead atoms. The van der Waals surface area contributed by atoms with Gasteiger partial charge in [-0.25, -0.2) is 0 Å². The van der Waals surface area contributed by atoms with Gasteiger partial charge in [0.1, 0.15) is 11.5 Å². The van der Waals surface area contributed by atoms with E-state index in [2.05, 4.69) is 10.9 Å². The van der Waals surface area contributed by atoms with Crippen LogP contribution in [0.5, 0.6) is 11.5 Å². The Morgan fingerprint density at radius 3 is 2.14 bits per heavy atom. The highest BCUT2D eigenvalue weighted by Gasteiger charge is 2.23. The fourth-order valence-corrected chi connectivity index (χ4v) is 1.45. The molecule has 1 aromatic carbocycles. The Morgan fingerprint density at radius 1 is 1.09 bits per heavy atom. The molecule has 0 aliphatic heterocycles. The first-order chi connectivity index (χ1) is 10.2. The van der Waals surface area contributed by atoms with Crippen molar-refractivity contribution in [1.82, 2.24) is 10.9 Å². The van der Waals surface area contributed by atoms with Crippen LogP contribution in [0.15, 0.2) is 24.3 Å². The lowest BCUT2D eigenvalue weighted by Gasteiger charge is -2.20. The molecule has 0 radical (unpaired) electrons. The summed E-state index contributed by atoms with van der Waals surface area (Å²) in [6.07, 6.45) is -0.738. The zero-order valence-corrected chi connectivity index (χ0v) is 13.7. The Labute approximate surface area is 131 Å². The minimum Gasteiger partial charge on any atom is -0.494 e. The molecule has 2 N–H and O–H groups in total. The van der Waals surface area contributed by atoms with Crippen molar-refractivity contribution in [3.05, 3.63) is 24.3 Å². The van der Waals surface area contributed by atoms with Crippen LogP contribution in [0.4, 0.5) is 0 Å². The predicted molar refractivity (Wildman–Crippen MR) is 83.4 cm³/mol. The average molecular weight is 308 g/mol. The molecule has 0 aliphatic carbocycles. The van der Waals surface area contributed by atoms with Crippen LogP contribution in [0.3, 0.4) is 0 Å². The van der Waals surface area contributed by atoms with Gasteiger partial charge in [0.2, 0.25) is 5.91 Å². The number of amides is 2. The number of hydrazine groups is 1. The molecule has 22 heavy (non-hydrogen) atoms. The maximum Gasteiger partial charge on any atom is 0.279 e. The molecule has 0 heterocycles. The van der Waals surface area contributed by atoms with Crippen molar-refractivity contribution in [2.45, 2.75) is 40.7 Å². The molecule has 6 nitrogen and oxygen atoms in total. The van der Waals surface area contributed by atoms with E-state index in [1.165, 1.54) is 0 Å². The second-order valence-corrected chi connectivity index (χ2v) is 5.86. The number of hydrogen-bond donors (Lipinski definition) is 2. The number of carbonyl (C=O) groups is 2. The topological polar surface area (TPSA) is 76.7 Å². The molecule has 1 aromatic rings. The van der Waals surface area contributed by atoms with E-state index in [1.54, 1.807) is 52.0 Å². The van der Waals surface area contributed by atoms with Crippen LogP contribution in [0.2, 0.25) is 0 Å². The summed E-state index contributed by atoms with van der Waals surface area (Å²) in [5.74, 6) is 0.596. The van der Waals surface area contributed by atoms with Crippen molar-refractivity contribution in [3.8, 4) is 11.5 Å². The third-order valence-corrected chi connectivity index (χ3v) is 2.80. The van der Waals surface area contributed by atoms with Crippen LogP contribution >= 0.6 is 0 Å². The quantitative estimate of drug-likeness (QED) is 0.816. The maximum absolute atomic E-state index is 11.9. The molecule has 122 valence electrons. The summed E-state index contributed by atoms with van der Waals surface area (Å²) in [7, 11) is 0. The normalized spacial score (nSPS) is 12.2. The lowest BCUT2D eigenvalue weighted by atomic mass is 9.96. The number of nitrogens with one attached hydrogen (secondary N) is 2. The summed E-state index contributed by atoms with van der Waals surface area (Å²) in [4.78, 5) is 23.5. The van der Waals surface area contributed by atoms with Crippen molar-refractivity contribution in [2.24, 2.45) is 5.41 Å². The van der Waals surface area contributed by atoms with Crippen LogP contribution in [0.25, 0.3) is 0 Å². The number of benzene rings is 1. The Kier molecular flexibility index (Phi) is 6.22. The van der Waals surface area contributed by atoms with Gasteiger partial charge >= 0.3 is 0 Å². The van der Waals surface area contributed by atoms with Crippen molar-refractivity contribution < 1.29 is 19.1 Å². The second-order valence-electron chi connectivity index (χ2n) is 5.86. The first kappa shape index (κ1) is 17.8. The summed E-state index contributed by atoms with van der Waals surface area (Å²) >= 11 is 0. The summed E-state index contributed by atoms with van der Waals surface area (Å²) in [6, 6.07) is 6.99.